The third kappa shape index (κ3) is 5.27. The second-order valence-electron chi connectivity index (χ2n) is 6.60. The molecule has 0 saturated carbocycles. The van der Waals surface area contributed by atoms with Gasteiger partial charge in [0, 0.05) is 30.4 Å². The van der Waals surface area contributed by atoms with E-state index in [2.05, 4.69) is 28.5 Å². The van der Waals surface area contributed by atoms with Gasteiger partial charge in [0.2, 0.25) is 0 Å². The molecular weight excluding hydrogens is 345 g/mol. The lowest BCUT2D eigenvalue weighted by Gasteiger charge is -2.29. The Kier molecular flexibility index (Phi) is 8.88. The van der Waals surface area contributed by atoms with Crippen molar-refractivity contribution in [2.45, 2.75) is 45.1 Å². The molecule has 2 N–H and O–H groups in total. The standard InChI is InChI=1S/C18H27N3O.2ClH/c1-14(13-21-11-3-2-4-12-21)20-18(22)16-7-5-9-17-15(16)8-6-10-19-17;;/h5,7,9,14,19H,2-4,6,8,10-13H2,1H3,(H,20,22);2*1H. The van der Waals surface area contributed by atoms with Crippen LogP contribution in [0.15, 0.2) is 18.2 Å². The highest BCUT2D eigenvalue weighted by atomic mass is 35.5. The first-order valence-corrected chi connectivity index (χ1v) is 8.63. The van der Waals surface area contributed by atoms with Gasteiger partial charge >= 0.3 is 0 Å². The first-order chi connectivity index (χ1) is 10.7. The van der Waals surface area contributed by atoms with Gasteiger partial charge in [-0.05, 0) is 63.4 Å². The molecule has 1 aromatic rings. The van der Waals surface area contributed by atoms with Gasteiger partial charge in [-0.3, -0.25) is 4.79 Å². The number of nitrogens with zero attached hydrogens (tertiary/aromatic N) is 1. The molecule has 0 radical (unpaired) electrons. The number of hydrogen-bond donors (Lipinski definition) is 2. The summed E-state index contributed by atoms with van der Waals surface area (Å²) >= 11 is 0. The maximum atomic E-state index is 12.6. The molecule has 4 nitrogen and oxygen atoms in total. The molecule has 2 heterocycles. The number of anilines is 1. The van der Waals surface area contributed by atoms with E-state index in [0.717, 1.165) is 37.2 Å². The molecule has 1 amide bonds. The molecule has 0 aliphatic carbocycles. The Bertz CT molecular complexity index is 533. The third-order valence-corrected chi connectivity index (χ3v) is 4.70. The molecule has 0 aromatic heterocycles. The highest BCUT2D eigenvalue weighted by Crippen LogP contribution is 2.25. The maximum Gasteiger partial charge on any atom is 0.251 e. The fourth-order valence-corrected chi connectivity index (χ4v) is 3.60. The van der Waals surface area contributed by atoms with Crippen LogP contribution in [0.3, 0.4) is 0 Å². The van der Waals surface area contributed by atoms with E-state index in [1.165, 1.54) is 37.9 Å². The summed E-state index contributed by atoms with van der Waals surface area (Å²) in [7, 11) is 0. The van der Waals surface area contributed by atoms with E-state index in [1.54, 1.807) is 0 Å². The van der Waals surface area contributed by atoms with Crippen LogP contribution in [-0.4, -0.2) is 43.0 Å². The number of nitrogens with one attached hydrogen (secondary N) is 2. The minimum atomic E-state index is 0. The fourth-order valence-electron chi connectivity index (χ4n) is 3.60. The van der Waals surface area contributed by atoms with E-state index in [-0.39, 0.29) is 36.8 Å². The molecule has 24 heavy (non-hydrogen) atoms. The molecule has 1 unspecified atom stereocenters. The summed E-state index contributed by atoms with van der Waals surface area (Å²) in [5.41, 5.74) is 3.15. The molecule has 1 saturated heterocycles. The largest absolute Gasteiger partial charge is 0.385 e. The zero-order valence-electron chi connectivity index (χ0n) is 14.3. The van der Waals surface area contributed by atoms with E-state index in [0.29, 0.717) is 0 Å². The number of halogens is 2. The number of fused-ring (bicyclic) bond motifs is 1. The summed E-state index contributed by atoms with van der Waals surface area (Å²) in [6.07, 6.45) is 6.02. The van der Waals surface area contributed by atoms with Crippen molar-refractivity contribution in [2.75, 3.05) is 31.5 Å². The van der Waals surface area contributed by atoms with E-state index in [1.807, 2.05) is 12.1 Å². The highest BCUT2D eigenvalue weighted by Gasteiger charge is 2.20. The van der Waals surface area contributed by atoms with Crippen molar-refractivity contribution in [2.24, 2.45) is 0 Å². The lowest BCUT2D eigenvalue weighted by atomic mass is 9.97. The van der Waals surface area contributed by atoms with E-state index in [9.17, 15) is 4.79 Å². The van der Waals surface area contributed by atoms with Crippen molar-refractivity contribution in [3.63, 3.8) is 0 Å². The van der Waals surface area contributed by atoms with Crippen LogP contribution in [0, 0.1) is 0 Å². The zero-order valence-corrected chi connectivity index (χ0v) is 16.0. The topological polar surface area (TPSA) is 44.4 Å². The Balaban J connectivity index is 0.00000144. The number of piperidine rings is 1. The molecule has 1 atom stereocenters. The second-order valence-corrected chi connectivity index (χ2v) is 6.60. The van der Waals surface area contributed by atoms with Crippen LogP contribution in [0.2, 0.25) is 0 Å². The van der Waals surface area contributed by atoms with Crippen molar-refractivity contribution in [3.8, 4) is 0 Å². The van der Waals surface area contributed by atoms with Crippen LogP contribution < -0.4 is 10.6 Å². The number of amides is 1. The van der Waals surface area contributed by atoms with Crippen molar-refractivity contribution in [1.29, 1.82) is 0 Å². The monoisotopic (exact) mass is 373 g/mol. The Hall–Kier alpha value is -0.970. The summed E-state index contributed by atoms with van der Waals surface area (Å²) in [5.74, 6) is 0.0741. The maximum absolute atomic E-state index is 12.6. The van der Waals surface area contributed by atoms with Crippen molar-refractivity contribution >= 4 is 36.4 Å². The Morgan fingerprint density at radius 1 is 1.21 bits per heavy atom. The predicted molar refractivity (Wildman–Crippen MR) is 105 cm³/mol. The first-order valence-electron chi connectivity index (χ1n) is 8.63. The number of hydrogen-bond acceptors (Lipinski definition) is 3. The van der Waals surface area contributed by atoms with Crippen molar-refractivity contribution in [1.82, 2.24) is 10.2 Å². The molecule has 136 valence electrons. The van der Waals surface area contributed by atoms with Gasteiger partial charge in [0.15, 0.2) is 0 Å². The summed E-state index contributed by atoms with van der Waals surface area (Å²) in [5, 5.41) is 6.57. The minimum Gasteiger partial charge on any atom is -0.385 e. The fraction of sp³-hybridized carbons (Fsp3) is 0.611. The minimum absolute atomic E-state index is 0. The molecule has 0 spiro atoms. The molecule has 6 heteroatoms. The van der Waals surface area contributed by atoms with Gasteiger partial charge in [-0.2, -0.15) is 0 Å². The Morgan fingerprint density at radius 2 is 1.96 bits per heavy atom. The summed E-state index contributed by atoms with van der Waals surface area (Å²) < 4.78 is 0. The smallest absolute Gasteiger partial charge is 0.251 e. The summed E-state index contributed by atoms with van der Waals surface area (Å²) in [6, 6.07) is 6.19. The van der Waals surface area contributed by atoms with Crippen LogP contribution in [-0.2, 0) is 6.42 Å². The Morgan fingerprint density at radius 3 is 2.71 bits per heavy atom. The number of rotatable bonds is 4. The van der Waals surface area contributed by atoms with Gasteiger partial charge in [0.05, 0.1) is 0 Å². The predicted octanol–water partition coefficient (Wildman–Crippen LogP) is 3.49. The lowest BCUT2D eigenvalue weighted by Crippen LogP contribution is -2.44. The van der Waals surface area contributed by atoms with Crippen LogP contribution in [0.25, 0.3) is 0 Å². The SMILES string of the molecule is CC(CN1CCCCC1)NC(=O)c1cccc2c1CCCN2.Cl.Cl. The average molecular weight is 374 g/mol. The number of carbonyl (C=O) groups excluding carboxylic acids is 1. The molecule has 3 rings (SSSR count). The van der Waals surface area contributed by atoms with Gasteiger partial charge in [0.1, 0.15) is 0 Å². The second kappa shape index (κ2) is 10.1. The van der Waals surface area contributed by atoms with Gasteiger partial charge < -0.3 is 15.5 Å². The quantitative estimate of drug-likeness (QED) is 0.848. The van der Waals surface area contributed by atoms with E-state index in [4.69, 9.17) is 0 Å². The number of likely N-dealkylation sites (tertiary alicyclic amines) is 1. The Labute approximate surface area is 157 Å². The number of benzene rings is 1. The molecule has 2 aliphatic rings. The highest BCUT2D eigenvalue weighted by molar-refractivity contribution is 5.97. The van der Waals surface area contributed by atoms with Crippen LogP contribution >= 0.6 is 24.8 Å². The average Bonchev–Trinajstić information content (AvgIpc) is 2.55. The summed E-state index contributed by atoms with van der Waals surface area (Å²) in [6.45, 7) is 6.42. The summed E-state index contributed by atoms with van der Waals surface area (Å²) in [4.78, 5) is 15.1. The first kappa shape index (κ1) is 21.1. The van der Waals surface area contributed by atoms with Crippen molar-refractivity contribution in [3.05, 3.63) is 29.3 Å². The van der Waals surface area contributed by atoms with Gasteiger partial charge in [-0.15, -0.1) is 24.8 Å². The molecule has 2 aliphatic heterocycles. The van der Waals surface area contributed by atoms with Crippen LogP contribution in [0.1, 0.15) is 48.5 Å². The van der Waals surface area contributed by atoms with Crippen molar-refractivity contribution < 1.29 is 4.79 Å². The zero-order chi connectivity index (χ0) is 15.4. The molecule has 0 bridgehead atoms. The third-order valence-electron chi connectivity index (χ3n) is 4.70. The van der Waals surface area contributed by atoms with Crippen LogP contribution in [0.4, 0.5) is 5.69 Å². The van der Waals surface area contributed by atoms with Gasteiger partial charge in [-0.25, -0.2) is 0 Å². The van der Waals surface area contributed by atoms with E-state index < -0.39 is 0 Å². The van der Waals surface area contributed by atoms with E-state index >= 15 is 0 Å². The molecule has 1 fully saturated rings. The molecule has 1 aromatic carbocycles. The number of carbonyl (C=O) groups is 1. The van der Waals surface area contributed by atoms with Gasteiger partial charge in [-0.1, -0.05) is 12.5 Å². The normalized spacial score (nSPS) is 18.2. The molecular formula is C18H29Cl2N3O. The van der Waals surface area contributed by atoms with Gasteiger partial charge in [0.25, 0.3) is 5.91 Å². The lowest BCUT2D eigenvalue weighted by molar-refractivity contribution is 0.0924. The van der Waals surface area contributed by atoms with Crippen LogP contribution in [0.5, 0.6) is 0 Å².